The molecule has 5 aromatic heterocycles. The van der Waals surface area contributed by atoms with Gasteiger partial charge in [-0.05, 0) is 105 Å². The van der Waals surface area contributed by atoms with Crippen LogP contribution in [0.2, 0.25) is 0 Å². The first-order valence-corrected chi connectivity index (χ1v) is 25.1. The van der Waals surface area contributed by atoms with E-state index in [1.165, 1.54) is 78.3 Å². The molecule has 7 heteroatoms. The molecule has 324 valence electrons. The fourth-order valence-corrected chi connectivity index (χ4v) is 13.4. The van der Waals surface area contributed by atoms with Gasteiger partial charge in [0.15, 0.2) is 17.5 Å². The largest absolute Gasteiger partial charge is 0.455 e. The van der Waals surface area contributed by atoms with Crippen molar-refractivity contribution in [2.45, 2.75) is 0 Å². The van der Waals surface area contributed by atoms with Crippen LogP contribution in [0.4, 0.5) is 0 Å². The van der Waals surface area contributed by atoms with Crippen molar-refractivity contribution in [2.75, 3.05) is 0 Å². The van der Waals surface area contributed by atoms with E-state index in [2.05, 4.69) is 205 Å². The maximum absolute atomic E-state index is 7.01. The smallest absolute Gasteiger partial charge is 0.167 e. The van der Waals surface area contributed by atoms with E-state index in [1.54, 1.807) is 22.7 Å². The van der Waals surface area contributed by atoms with Crippen LogP contribution in [0.5, 0.6) is 0 Å². The van der Waals surface area contributed by atoms with Crippen LogP contribution in [0.15, 0.2) is 211 Å². The van der Waals surface area contributed by atoms with Crippen LogP contribution < -0.4 is 0 Å². The summed E-state index contributed by atoms with van der Waals surface area (Å²) in [5.74, 6) is 1.79. The number of hydrogen-bond acceptors (Lipinski definition) is 6. The Kier molecular flexibility index (Phi) is 7.86. The number of aromatic nitrogens is 4. The number of benzene rings is 11. The van der Waals surface area contributed by atoms with Gasteiger partial charge in [0.2, 0.25) is 0 Å². The highest BCUT2D eigenvalue weighted by molar-refractivity contribution is 7.26. The summed E-state index contributed by atoms with van der Waals surface area (Å²) in [6, 6.07) is 74.5. The highest BCUT2D eigenvalue weighted by Crippen LogP contribution is 2.45. The third-order valence-electron chi connectivity index (χ3n) is 14.4. The summed E-state index contributed by atoms with van der Waals surface area (Å²) in [5.41, 5.74) is 7.69. The second kappa shape index (κ2) is 14.4. The number of hydrogen-bond donors (Lipinski definition) is 0. The van der Waals surface area contributed by atoms with Gasteiger partial charge < -0.3 is 8.98 Å². The Morgan fingerprint density at radius 1 is 0.343 bits per heavy atom. The number of furan rings is 1. The lowest BCUT2D eigenvalue weighted by Gasteiger charge is -2.13. The highest BCUT2D eigenvalue weighted by Gasteiger charge is 2.23. The van der Waals surface area contributed by atoms with Crippen molar-refractivity contribution in [3.8, 4) is 39.9 Å². The number of para-hydroxylation sites is 1. The summed E-state index contributed by atoms with van der Waals surface area (Å²) >= 11 is 3.59. The van der Waals surface area contributed by atoms with Gasteiger partial charge in [0.25, 0.3) is 0 Å². The average molecular weight is 927 g/mol. The standard InChI is InChI=1S/C63H34N4OS2/c1-3-14-37-31-51-48(28-35(37)12-1)49-29-36-13-2-4-15-38(36)32-52(49)67(51)41-26-24-39-30-50(60-59(47(39)34-41)44-17-5-8-20-53(44)68-60)63-65-61(40-25-27-43-42-16-6-9-21-54(42)70-57(43)33-40)64-62(66-63)46-19-11-23-56-58(46)45-18-7-10-22-55(45)69-56/h1-34H. The van der Waals surface area contributed by atoms with Gasteiger partial charge in [0.1, 0.15) is 11.2 Å². The molecule has 0 aliphatic rings. The Morgan fingerprint density at radius 2 is 0.929 bits per heavy atom. The van der Waals surface area contributed by atoms with Crippen molar-refractivity contribution in [1.82, 2.24) is 19.5 Å². The molecule has 0 radical (unpaired) electrons. The molecule has 0 atom stereocenters. The first kappa shape index (κ1) is 38.2. The molecule has 0 bridgehead atoms. The van der Waals surface area contributed by atoms with Crippen molar-refractivity contribution in [2.24, 2.45) is 0 Å². The van der Waals surface area contributed by atoms with Gasteiger partial charge in [-0.1, -0.05) is 133 Å². The van der Waals surface area contributed by atoms with Crippen LogP contribution in [0, 0.1) is 0 Å². The van der Waals surface area contributed by atoms with E-state index in [0.717, 1.165) is 60.5 Å². The molecular formula is C63H34N4OS2. The molecule has 0 fully saturated rings. The second-order valence-electron chi connectivity index (χ2n) is 18.3. The molecule has 0 amide bonds. The van der Waals surface area contributed by atoms with Crippen molar-refractivity contribution < 1.29 is 4.42 Å². The van der Waals surface area contributed by atoms with E-state index in [0.29, 0.717) is 17.5 Å². The molecule has 0 aliphatic heterocycles. The van der Waals surface area contributed by atoms with Gasteiger partial charge >= 0.3 is 0 Å². The zero-order valence-electron chi connectivity index (χ0n) is 37.1. The van der Waals surface area contributed by atoms with Crippen LogP contribution in [-0.2, 0) is 0 Å². The number of rotatable bonds is 4. The van der Waals surface area contributed by atoms with Gasteiger partial charge in [0, 0.05) is 78.7 Å². The predicted octanol–water partition coefficient (Wildman–Crippen LogP) is 18.1. The molecule has 0 aliphatic carbocycles. The van der Waals surface area contributed by atoms with Gasteiger partial charge in [0.05, 0.1) is 16.6 Å². The summed E-state index contributed by atoms with van der Waals surface area (Å²) in [7, 11) is 0. The van der Waals surface area contributed by atoms with Crippen LogP contribution >= 0.6 is 22.7 Å². The second-order valence-corrected chi connectivity index (χ2v) is 20.5. The Hall–Kier alpha value is -8.75. The summed E-state index contributed by atoms with van der Waals surface area (Å²) in [6.45, 7) is 0. The Labute approximate surface area is 406 Å². The summed E-state index contributed by atoms with van der Waals surface area (Å²) in [5, 5.41) is 16.4. The van der Waals surface area contributed by atoms with E-state index >= 15 is 0 Å². The van der Waals surface area contributed by atoms with Crippen molar-refractivity contribution in [3.63, 3.8) is 0 Å². The molecule has 70 heavy (non-hydrogen) atoms. The minimum Gasteiger partial charge on any atom is -0.455 e. The van der Waals surface area contributed by atoms with E-state index < -0.39 is 0 Å². The van der Waals surface area contributed by atoms with Crippen molar-refractivity contribution >= 4 is 139 Å². The van der Waals surface area contributed by atoms with Gasteiger partial charge in [-0.25, -0.2) is 15.0 Å². The number of fused-ring (bicyclic) bond motifs is 16. The van der Waals surface area contributed by atoms with Gasteiger partial charge in [-0.3, -0.25) is 0 Å². The first-order chi connectivity index (χ1) is 34.6. The predicted molar refractivity (Wildman–Crippen MR) is 296 cm³/mol. The van der Waals surface area contributed by atoms with E-state index in [-0.39, 0.29) is 0 Å². The lowest BCUT2D eigenvalue weighted by atomic mass is 9.99. The van der Waals surface area contributed by atoms with E-state index in [9.17, 15) is 0 Å². The number of nitrogens with zero attached hydrogens (tertiary/aromatic N) is 4. The third-order valence-corrected chi connectivity index (χ3v) is 16.6. The first-order valence-electron chi connectivity index (χ1n) is 23.5. The van der Waals surface area contributed by atoms with Crippen molar-refractivity contribution in [3.05, 3.63) is 206 Å². The van der Waals surface area contributed by atoms with Crippen LogP contribution in [-0.4, -0.2) is 19.5 Å². The summed E-state index contributed by atoms with van der Waals surface area (Å²) < 4.78 is 14.3. The molecule has 0 spiro atoms. The number of thiophene rings is 2. The highest BCUT2D eigenvalue weighted by atomic mass is 32.1. The average Bonchev–Trinajstić information content (AvgIpc) is 4.18. The third kappa shape index (κ3) is 5.55. The minimum absolute atomic E-state index is 0.559. The minimum atomic E-state index is 0.559. The van der Waals surface area contributed by atoms with E-state index in [1.807, 2.05) is 6.07 Å². The molecule has 0 saturated carbocycles. The SMILES string of the molecule is c1ccc2cc3c(cc2c1)c1cc2ccccc2cc1n3-c1ccc2cc(-c3nc(-c4ccc5c(c4)sc4ccccc45)nc(-c4cccc5sc6ccccc6c45)n3)c3oc4ccccc4c3c2c1. The monoisotopic (exact) mass is 926 g/mol. The fourth-order valence-electron chi connectivity index (χ4n) is 11.2. The fraction of sp³-hybridized carbons (Fsp3) is 0. The topological polar surface area (TPSA) is 56.7 Å². The molecule has 11 aromatic carbocycles. The molecule has 0 N–H and O–H groups in total. The van der Waals surface area contributed by atoms with Crippen molar-refractivity contribution in [1.29, 1.82) is 0 Å². The zero-order valence-corrected chi connectivity index (χ0v) is 38.8. The molecule has 5 heterocycles. The maximum atomic E-state index is 7.01. The zero-order chi connectivity index (χ0) is 45.6. The molecule has 16 rings (SSSR count). The summed E-state index contributed by atoms with van der Waals surface area (Å²) in [6.07, 6.45) is 0. The van der Waals surface area contributed by atoms with Crippen LogP contribution in [0.3, 0.4) is 0 Å². The molecule has 0 unspecified atom stereocenters. The van der Waals surface area contributed by atoms with E-state index in [4.69, 9.17) is 19.4 Å². The quantitative estimate of drug-likeness (QED) is 0.176. The van der Waals surface area contributed by atoms with Gasteiger partial charge in [-0.2, -0.15) is 0 Å². The Bertz CT molecular complexity index is 4830. The molecule has 0 saturated heterocycles. The lowest BCUT2D eigenvalue weighted by Crippen LogP contribution is -2.01. The Morgan fingerprint density at radius 3 is 1.69 bits per heavy atom. The lowest BCUT2D eigenvalue weighted by molar-refractivity contribution is 0.670. The molecule has 5 nitrogen and oxygen atoms in total. The maximum Gasteiger partial charge on any atom is 0.167 e. The normalized spacial score (nSPS) is 12.3. The van der Waals surface area contributed by atoms with Crippen LogP contribution in [0.1, 0.15) is 0 Å². The molecular weight excluding hydrogens is 893 g/mol. The molecule has 16 aromatic rings. The van der Waals surface area contributed by atoms with Crippen LogP contribution in [0.25, 0.3) is 156 Å². The Balaban J connectivity index is 0.967. The van der Waals surface area contributed by atoms with Gasteiger partial charge in [-0.15, -0.1) is 22.7 Å². The summed E-state index contributed by atoms with van der Waals surface area (Å²) in [4.78, 5) is 16.2.